The summed E-state index contributed by atoms with van der Waals surface area (Å²) in [7, 11) is 0. The van der Waals surface area contributed by atoms with E-state index in [2.05, 4.69) is 23.7 Å². The average molecular weight is 392 g/mol. The van der Waals surface area contributed by atoms with Crippen molar-refractivity contribution in [3.05, 3.63) is 105 Å². The molecule has 0 spiro atoms. The molecule has 0 amide bonds. The third kappa shape index (κ3) is 4.33. The highest BCUT2D eigenvalue weighted by molar-refractivity contribution is 5.49. The fourth-order valence-corrected chi connectivity index (χ4v) is 2.59. The number of aryl methyl sites for hydroxylation is 2. The van der Waals surface area contributed by atoms with E-state index in [9.17, 15) is 17.6 Å². The lowest BCUT2D eigenvalue weighted by Crippen LogP contribution is -2.03. The number of benzene rings is 3. The molecule has 3 aromatic rings. The fraction of sp³-hybridized carbons (Fsp3) is 0.120. The van der Waals surface area contributed by atoms with Crippen LogP contribution in [0.1, 0.15) is 38.9 Å². The van der Waals surface area contributed by atoms with E-state index in [1.165, 1.54) is 5.56 Å². The Kier molecular flexibility index (Phi) is 5.76. The largest absolute Gasteiger partial charge is 0.203 e. The smallest absolute Gasteiger partial charge is 0.177 e. The van der Waals surface area contributed by atoms with Gasteiger partial charge < -0.3 is 0 Å². The van der Waals surface area contributed by atoms with Gasteiger partial charge in [0.1, 0.15) is 5.56 Å². The minimum Gasteiger partial charge on any atom is -0.203 e. The summed E-state index contributed by atoms with van der Waals surface area (Å²) in [5.74, 6) is 4.93. The van der Waals surface area contributed by atoms with Gasteiger partial charge in [0.25, 0.3) is 0 Å². The summed E-state index contributed by atoms with van der Waals surface area (Å²) in [6.45, 7) is 5.01. The van der Waals surface area contributed by atoms with Crippen molar-refractivity contribution in [3.8, 4) is 23.7 Å². The molecule has 0 radical (unpaired) electrons. The minimum atomic E-state index is -1.50. The molecule has 144 valence electrons. The SMILES string of the molecule is Cc1ccc(C#Cc2ccc(C#Cc3c(F)c(F)c(C)c(F)c3F)cc2)cc1C. The first-order valence-corrected chi connectivity index (χ1v) is 8.82. The molecule has 29 heavy (non-hydrogen) atoms. The number of hydrogen-bond acceptors (Lipinski definition) is 0. The standard InChI is InChI=1S/C25H16F4/c1-15-4-5-20(14-16(15)2)11-10-18-6-8-19(9-7-18)12-13-21-24(28)22(26)17(3)23(27)25(21)29/h4-9,14H,1-3H3. The van der Waals surface area contributed by atoms with E-state index >= 15 is 0 Å². The molecule has 3 aromatic carbocycles. The molecule has 0 N–H and O–H groups in total. The molecule has 0 unspecified atom stereocenters. The lowest BCUT2D eigenvalue weighted by atomic mass is 10.1. The highest BCUT2D eigenvalue weighted by atomic mass is 19.2. The van der Waals surface area contributed by atoms with Crippen LogP contribution in [0, 0.1) is 67.7 Å². The minimum absolute atomic E-state index is 0.432. The molecular weight excluding hydrogens is 376 g/mol. The van der Waals surface area contributed by atoms with E-state index in [0.717, 1.165) is 23.6 Å². The molecule has 0 saturated heterocycles. The molecule has 0 saturated carbocycles. The van der Waals surface area contributed by atoms with E-state index in [1.54, 1.807) is 24.3 Å². The quantitative estimate of drug-likeness (QED) is 0.251. The summed E-state index contributed by atoms with van der Waals surface area (Å²) in [4.78, 5) is 0. The van der Waals surface area contributed by atoms with Crippen LogP contribution >= 0.6 is 0 Å². The molecule has 3 rings (SSSR count). The van der Waals surface area contributed by atoms with Crippen molar-refractivity contribution in [1.82, 2.24) is 0 Å². The first-order chi connectivity index (χ1) is 13.8. The third-order valence-corrected chi connectivity index (χ3v) is 4.56. The van der Waals surface area contributed by atoms with Crippen molar-refractivity contribution in [2.24, 2.45) is 0 Å². The zero-order valence-electron chi connectivity index (χ0n) is 16.1. The molecule has 4 heteroatoms. The highest BCUT2D eigenvalue weighted by Gasteiger charge is 2.21. The van der Waals surface area contributed by atoms with Gasteiger partial charge in [0.15, 0.2) is 23.3 Å². The lowest BCUT2D eigenvalue weighted by molar-refractivity contribution is 0.442. The second kappa shape index (κ2) is 8.25. The maximum absolute atomic E-state index is 13.9. The normalized spacial score (nSPS) is 10.0. The van der Waals surface area contributed by atoms with Crippen molar-refractivity contribution in [1.29, 1.82) is 0 Å². The topological polar surface area (TPSA) is 0 Å². The molecule has 0 nitrogen and oxygen atoms in total. The molecule has 0 aliphatic heterocycles. The van der Waals surface area contributed by atoms with E-state index in [0.29, 0.717) is 5.56 Å². The third-order valence-electron chi connectivity index (χ3n) is 4.56. The van der Waals surface area contributed by atoms with Crippen LogP contribution in [0.15, 0.2) is 42.5 Å². The van der Waals surface area contributed by atoms with Crippen LogP contribution in [0.25, 0.3) is 0 Å². The summed E-state index contributed by atoms with van der Waals surface area (Å²) >= 11 is 0. The Hall–Kier alpha value is -3.50. The fourth-order valence-electron chi connectivity index (χ4n) is 2.59. The Morgan fingerprint density at radius 3 is 1.48 bits per heavy atom. The van der Waals surface area contributed by atoms with Gasteiger partial charge in [-0.2, -0.15) is 0 Å². The van der Waals surface area contributed by atoms with Crippen molar-refractivity contribution in [2.45, 2.75) is 20.8 Å². The van der Waals surface area contributed by atoms with Crippen LogP contribution in [0.3, 0.4) is 0 Å². The molecular formula is C25H16F4. The molecule has 0 aliphatic carbocycles. The van der Waals surface area contributed by atoms with Crippen molar-refractivity contribution >= 4 is 0 Å². The predicted molar refractivity (Wildman–Crippen MR) is 105 cm³/mol. The van der Waals surface area contributed by atoms with Gasteiger partial charge in [-0.25, -0.2) is 17.6 Å². The molecule has 0 aliphatic rings. The Balaban J connectivity index is 1.85. The first kappa shape index (κ1) is 20.2. The first-order valence-electron chi connectivity index (χ1n) is 8.82. The van der Waals surface area contributed by atoms with Gasteiger partial charge in [0.2, 0.25) is 0 Å². The highest BCUT2D eigenvalue weighted by Crippen LogP contribution is 2.22. The van der Waals surface area contributed by atoms with Crippen LogP contribution in [-0.2, 0) is 0 Å². The second-order valence-corrected chi connectivity index (χ2v) is 6.63. The van der Waals surface area contributed by atoms with Crippen molar-refractivity contribution in [3.63, 3.8) is 0 Å². The monoisotopic (exact) mass is 392 g/mol. The Morgan fingerprint density at radius 2 is 0.966 bits per heavy atom. The van der Waals surface area contributed by atoms with Gasteiger partial charge in [-0.05, 0) is 68.3 Å². The number of rotatable bonds is 0. The van der Waals surface area contributed by atoms with Crippen molar-refractivity contribution < 1.29 is 17.6 Å². The summed E-state index contributed by atoms with van der Waals surface area (Å²) in [6, 6.07) is 12.6. The number of hydrogen-bond donors (Lipinski definition) is 0. The maximum Gasteiger partial charge on any atom is 0.177 e. The average Bonchev–Trinajstić information content (AvgIpc) is 2.72. The lowest BCUT2D eigenvalue weighted by Gasteiger charge is -2.04. The Labute approximate surface area is 167 Å². The van der Waals surface area contributed by atoms with Crippen LogP contribution < -0.4 is 0 Å². The van der Waals surface area contributed by atoms with Crippen LogP contribution in [0.5, 0.6) is 0 Å². The second-order valence-electron chi connectivity index (χ2n) is 6.63. The molecule has 0 fully saturated rings. The van der Waals surface area contributed by atoms with E-state index in [-0.39, 0.29) is 0 Å². The van der Waals surface area contributed by atoms with Gasteiger partial charge in [0.05, 0.1) is 0 Å². The summed E-state index contributed by atoms with van der Waals surface area (Å²) in [6.07, 6.45) is 0. The Morgan fingerprint density at radius 1 is 0.517 bits per heavy atom. The van der Waals surface area contributed by atoms with Gasteiger partial charge in [-0.1, -0.05) is 29.7 Å². The Bertz CT molecular complexity index is 1190. The van der Waals surface area contributed by atoms with Crippen LogP contribution in [0.2, 0.25) is 0 Å². The summed E-state index contributed by atoms with van der Waals surface area (Å²) < 4.78 is 55.0. The molecule has 0 heterocycles. The zero-order valence-corrected chi connectivity index (χ0v) is 16.1. The van der Waals surface area contributed by atoms with Gasteiger partial charge >= 0.3 is 0 Å². The zero-order chi connectivity index (χ0) is 21.1. The van der Waals surface area contributed by atoms with Gasteiger partial charge in [-0.3, -0.25) is 0 Å². The summed E-state index contributed by atoms with van der Waals surface area (Å²) in [5, 5.41) is 0. The van der Waals surface area contributed by atoms with E-state index in [4.69, 9.17) is 0 Å². The maximum atomic E-state index is 13.9. The van der Waals surface area contributed by atoms with E-state index in [1.807, 2.05) is 32.0 Å². The van der Waals surface area contributed by atoms with Gasteiger partial charge in [-0.15, -0.1) is 0 Å². The summed E-state index contributed by atoms with van der Waals surface area (Å²) in [5.41, 5.74) is 2.78. The van der Waals surface area contributed by atoms with Crippen molar-refractivity contribution in [2.75, 3.05) is 0 Å². The number of halogens is 4. The van der Waals surface area contributed by atoms with E-state index < -0.39 is 34.4 Å². The van der Waals surface area contributed by atoms with Crippen LogP contribution in [0.4, 0.5) is 17.6 Å². The predicted octanol–water partition coefficient (Wildman–Crippen LogP) is 5.97. The molecule has 0 bridgehead atoms. The van der Waals surface area contributed by atoms with Crippen LogP contribution in [-0.4, -0.2) is 0 Å². The molecule has 0 atom stereocenters. The molecule has 0 aromatic heterocycles. The van der Waals surface area contributed by atoms with Gasteiger partial charge in [0, 0.05) is 22.3 Å².